The van der Waals surface area contributed by atoms with Crippen LogP contribution >= 0.6 is 11.6 Å². The highest BCUT2D eigenvalue weighted by atomic mass is 35.5. The van der Waals surface area contributed by atoms with Crippen molar-refractivity contribution in [2.75, 3.05) is 10.2 Å². The lowest BCUT2D eigenvalue weighted by atomic mass is 9.63. The molecule has 2 saturated carbocycles. The van der Waals surface area contributed by atoms with Crippen molar-refractivity contribution in [3.05, 3.63) is 70.8 Å². The number of allylic oxidation sites excluding steroid dienone is 2. The molecule has 0 radical (unpaired) electrons. The Morgan fingerprint density at radius 1 is 1.00 bits per heavy atom. The lowest BCUT2D eigenvalue weighted by Gasteiger charge is -2.37. The topological polar surface area (TPSA) is 66.5 Å². The van der Waals surface area contributed by atoms with Crippen molar-refractivity contribution in [2.24, 2.45) is 35.5 Å². The molecule has 6 heteroatoms. The van der Waals surface area contributed by atoms with Crippen molar-refractivity contribution in [3.8, 4) is 0 Å². The summed E-state index contributed by atoms with van der Waals surface area (Å²) >= 11 is 6.08. The maximum absolute atomic E-state index is 13.5. The van der Waals surface area contributed by atoms with Crippen molar-refractivity contribution in [2.45, 2.75) is 13.3 Å². The zero-order valence-electron chi connectivity index (χ0n) is 16.9. The van der Waals surface area contributed by atoms with Crippen LogP contribution in [0, 0.1) is 42.4 Å². The van der Waals surface area contributed by atoms with Crippen LogP contribution in [0.15, 0.2) is 54.6 Å². The van der Waals surface area contributed by atoms with Crippen LogP contribution in [0.4, 0.5) is 11.4 Å². The van der Waals surface area contributed by atoms with E-state index < -0.39 is 0 Å². The number of anilines is 2. The van der Waals surface area contributed by atoms with Gasteiger partial charge in [0.15, 0.2) is 0 Å². The fourth-order valence-electron chi connectivity index (χ4n) is 5.97. The molecule has 5 aliphatic rings. The molecule has 1 saturated heterocycles. The molecule has 2 bridgehead atoms. The smallest absolute Gasteiger partial charge is 0.257 e. The lowest BCUT2D eigenvalue weighted by molar-refractivity contribution is -0.124. The fourth-order valence-corrected chi connectivity index (χ4v) is 6.15. The SMILES string of the molecule is Cc1ccc(Cl)cc1NC(=O)c1ccccc1N1C(=O)[C@@H]2[C@H]3C=C[C@@H]([C@@H]4C[C@H]34)[C@H]2C1=O. The van der Waals surface area contributed by atoms with Crippen LogP contribution < -0.4 is 10.2 Å². The molecule has 5 nitrogen and oxygen atoms in total. The monoisotopic (exact) mass is 432 g/mol. The van der Waals surface area contributed by atoms with Crippen LogP contribution in [-0.4, -0.2) is 17.7 Å². The van der Waals surface area contributed by atoms with Gasteiger partial charge in [0, 0.05) is 10.7 Å². The second kappa shape index (κ2) is 6.54. The molecule has 0 unspecified atom stereocenters. The molecule has 7 rings (SSSR count). The van der Waals surface area contributed by atoms with Crippen LogP contribution in [0.2, 0.25) is 5.02 Å². The largest absolute Gasteiger partial charge is 0.322 e. The average molecular weight is 433 g/mol. The van der Waals surface area contributed by atoms with Crippen LogP contribution in [0.3, 0.4) is 0 Å². The van der Waals surface area contributed by atoms with Gasteiger partial charge in [-0.25, -0.2) is 4.90 Å². The number of nitrogens with zero attached hydrogens (tertiary/aromatic N) is 1. The Hall–Kier alpha value is -2.92. The fraction of sp³-hybridized carbons (Fsp3) is 0.320. The molecule has 156 valence electrons. The minimum atomic E-state index is -0.375. The van der Waals surface area contributed by atoms with Crippen molar-refractivity contribution in [1.82, 2.24) is 0 Å². The van der Waals surface area contributed by atoms with E-state index in [2.05, 4.69) is 17.5 Å². The Balaban J connectivity index is 1.35. The van der Waals surface area contributed by atoms with E-state index in [9.17, 15) is 14.4 Å². The standard InChI is InChI=1S/C25H21ClN2O3/c1-12-6-7-13(26)10-19(12)27-23(29)16-4-2-3-5-20(16)28-24(30)21-14-8-9-15(18-11-17(14)18)22(21)25(28)31/h2-10,14-15,17-18,21-22H,11H2,1H3,(H,27,29)/t14-,15-,17-,18+,21+,22+/m0/s1. The summed E-state index contributed by atoms with van der Waals surface area (Å²) in [4.78, 5) is 41.4. The van der Waals surface area contributed by atoms with Gasteiger partial charge in [-0.15, -0.1) is 0 Å². The van der Waals surface area contributed by atoms with Gasteiger partial charge in [-0.3, -0.25) is 14.4 Å². The van der Waals surface area contributed by atoms with Crippen molar-refractivity contribution >= 4 is 40.7 Å². The Morgan fingerprint density at radius 3 is 2.32 bits per heavy atom. The lowest BCUT2D eigenvalue weighted by Crippen LogP contribution is -2.40. The summed E-state index contributed by atoms with van der Waals surface area (Å²) in [5.41, 5.74) is 2.13. The van der Waals surface area contributed by atoms with Crippen LogP contribution in [0.25, 0.3) is 0 Å². The second-order valence-electron chi connectivity index (χ2n) is 9.10. The van der Waals surface area contributed by atoms with E-state index in [1.165, 1.54) is 4.90 Å². The number of rotatable bonds is 3. The molecular formula is C25H21ClN2O3. The summed E-state index contributed by atoms with van der Waals surface area (Å²) in [6, 6.07) is 12.1. The number of para-hydroxylation sites is 1. The summed E-state index contributed by atoms with van der Waals surface area (Å²) in [6.45, 7) is 1.88. The maximum Gasteiger partial charge on any atom is 0.257 e. The molecule has 1 N–H and O–H groups in total. The maximum atomic E-state index is 13.5. The Morgan fingerprint density at radius 2 is 1.65 bits per heavy atom. The molecule has 31 heavy (non-hydrogen) atoms. The third kappa shape index (κ3) is 2.66. The van der Waals surface area contributed by atoms with Gasteiger partial charge in [0.2, 0.25) is 11.8 Å². The van der Waals surface area contributed by atoms with E-state index in [1.807, 2.05) is 13.0 Å². The Labute approximate surface area is 185 Å². The van der Waals surface area contributed by atoms with Gasteiger partial charge in [0.25, 0.3) is 5.91 Å². The summed E-state index contributed by atoms with van der Waals surface area (Å²) in [6.07, 6.45) is 5.41. The van der Waals surface area contributed by atoms with E-state index in [1.54, 1.807) is 36.4 Å². The van der Waals surface area contributed by atoms with Crippen LogP contribution in [0.1, 0.15) is 22.3 Å². The third-order valence-electron chi connectivity index (χ3n) is 7.50. The first-order valence-electron chi connectivity index (χ1n) is 10.7. The van der Waals surface area contributed by atoms with Crippen LogP contribution in [0.5, 0.6) is 0 Å². The number of carbonyl (C=O) groups excluding carboxylic acids is 3. The molecule has 2 aromatic carbocycles. The number of carbonyl (C=O) groups is 3. The van der Waals surface area contributed by atoms with Gasteiger partial charge < -0.3 is 5.32 Å². The minimum Gasteiger partial charge on any atom is -0.322 e. The summed E-state index contributed by atoms with van der Waals surface area (Å²) in [5, 5.41) is 3.40. The van der Waals surface area contributed by atoms with E-state index in [4.69, 9.17) is 11.6 Å². The summed E-state index contributed by atoms with van der Waals surface area (Å²) in [5.74, 6) is 0.0796. The van der Waals surface area contributed by atoms with E-state index in [0.717, 1.165) is 12.0 Å². The van der Waals surface area contributed by atoms with Gasteiger partial charge in [-0.05, 0) is 66.8 Å². The molecule has 6 atom stereocenters. The summed E-state index contributed by atoms with van der Waals surface area (Å²) in [7, 11) is 0. The second-order valence-corrected chi connectivity index (χ2v) is 9.53. The molecule has 4 aliphatic carbocycles. The first kappa shape index (κ1) is 18.8. The number of halogens is 1. The average Bonchev–Trinajstić information content (AvgIpc) is 3.54. The zero-order chi connectivity index (χ0) is 21.4. The number of nitrogens with one attached hydrogen (secondary N) is 1. The normalized spacial score (nSPS) is 32.1. The van der Waals surface area contributed by atoms with Crippen molar-refractivity contribution in [1.29, 1.82) is 0 Å². The molecule has 3 amide bonds. The van der Waals surface area contributed by atoms with Gasteiger partial charge in [-0.1, -0.05) is 42.0 Å². The number of hydrogen-bond donors (Lipinski definition) is 1. The van der Waals surface area contributed by atoms with E-state index >= 15 is 0 Å². The summed E-state index contributed by atoms with van der Waals surface area (Å²) < 4.78 is 0. The molecule has 0 aromatic heterocycles. The predicted octanol–water partition coefficient (Wildman–Crippen LogP) is 4.46. The van der Waals surface area contributed by atoms with Crippen molar-refractivity contribution in [3.63, 3.8) is 0 Å². The quantitative estimate of drug-likeness (QED) is 0.575. The predicted molar refractivity (Wildman–Crippen MR) is 118 cm³/mol. The van der Waals surface area contributed by atoms with E-state index in [-0.39, 0.29) is 41.4 Å². The highest BCUT2D eigenvalue weighted by Gasteiger charge is 2.67. The number of imide groups is 1. The molecule has 1 aliphatic heterocycles. The Bertz CT molecular complexity index is 1150. The molecule has 2 aromatic rings. The first-order chi connectivity index (χ1) is 15.0. The van der Waals surface area contributed by atoms with Crippen molar-refractivity contribution < 1.29 is 14.4 Å². The Kier molecular flexibility index (Phi) is 3.97. The molecule has 1 heterocycles. The number of benzene rings is 2. The van der Waals surface area contributed by atoms with Crippen LogP contribution in [-0.2, 0) is 9.59 Å². The number of hydrogen-bond acceptors (Lipinski definition) is 3. The number of amides is 3. The number of aryl methyl sites for hydroxylation is 1. The van der Waals surface area contributed by atoms with Gasteiger partial charge in [0.05, 0.1) is 23.1 Å². The molecular weight excluding hydrogens is 412 g/mol. The van der Waals surface area contributed by atoms with E-state index in [0.29, 0.717) is 33.8 Å². The van der Waals surface area contributed by atoms with Gasteiger partial charge in [-0.2, -0.15) is 0 Å². The van der Waals surface area contributed by atoms with Gasteiger partial charge >= 0.3 is 0 Å². The first-order valence-corrected chi connectivity index (χ1v) is 11.1. The third-order valence-corrected chi connectivity index (χ3v) is 7.74. The zero-order valence-corrected chi connectivity index (χ0v) is 17.7. The molecule has 3 fully saturated rings. The highest BCUT2D eigenvalue weighted by molar-refractivity contribution is 6.31. The van der Waals surface area contributed by atoms with Gasteiger partial charge in [0.1, 0.15) is 0 Å². The molecule has 0 spiro atoms. The minimum absolute atomic E-state index is 0.150. The highest BCUT2D eigenvalue weighted by Crippen LogP contribution is 2.65.